The molecule has 0 aromatic carbocycles. The fraction of sp³-hybridized carbons (Fsp3) is 0.643. The lowest BCUT2D eigenvalue weighted by Gasteiger charge is -2.16. The first kappa shape index (κ1) is 11.8. The fourth-order valence-electron chi connectivity index (χ4n) is 2.55. The molecule has 0 saturated heterocycles. The zero-order valence-corrected chi connectivity index (χ0v) is 10.6. The highest BCUT2D eigenvalue weighted by Crippen LogP contribution is 2.44. The van der Waals surface area contributed by atoms with Gasteiger partial charge < -0.3 is 14.5 Å². The van der Waals surface area contributed by atoms with Crippen LogP contribution in [-0.2, 0) is 11.3 Å². The number of methoxy groups -OCH3 is 1. The van der Waals surface area contributed by atoms with E-state index in [4.69, 9.17) is 4.42 Å². The Labute approximate surface area is 107 Å². The van der Waals surface area contributed by atoms with Gasteiger partial charge in [-0.2, -0.15) is 0 Å². The van der Waals surface area contributed by atoms with E-state index in [0.717, 1.165) is 17.6 Å². The summed E-state index contributed by atoms with van der Waals surface area (Å²) in [5.74, 6) is 2.20. The van der Waals surface area contributed by atoms with Gasteiger partial charge in [0.2, 0.25) is 0 Å². The van der Waals surface area contributed by atoms with Crippen molar-refractivity contribution in [3.63, 3.8) is 0 Å². The fourth-order valence-corrected chi connectivity index (χ4v) is 2.55. The van der Waals surface area contributed by atoms with Gasteiger partial charge in [0.25, 0.3) is 0 Å². The summed E-state index contributed by atoms with van der Waals surface area (Å²) >= 11 is 0. The Hall–Kier alpha value is -1.29. The molecule has 2 fully saturated rings. The van der Waals surface area contributed by atoms with Gasteiger partial charge in [0.05, 0.1) is 19.2 Å². The van der Waals surface area contributed by atoms with Crippen molar-refractivity contribution in [3.05, 3.63) is 23.7 Å². The van der Waals surface area contributed by atoms with Crippen LogP contribution in [0.1, 0.15) is 41.8 Å². The standard InChI is InChI=1S/C14H19NO3/c1-17-14(16)11-6-12(18-8-11)7-15-13(9-2-3-9)10-4-5-10/h6,8-10,13,15H,2-5,7H2,1H3. The average molecular weight is 249 g/mol. The molecule has 98 valence electrons. The number of carbonyl (C=O) groups is 1. The van der Waals surface area contributed by atoms with Crippen LogP contribution in [0.5, 0.6) is 0 Å². The van der Waals surface area contributed by atoms with E-state index in [1.54, 1.807) is 6.07 Å². The molecule has 0 aliphatic heterocycles. The van der Waals surface area contributed by atoms with E-state index in [9.17, 15) is 4.79 Å². The molecule has 0 amide bonds. The Morgan fingerprint density at radius 1 is 1.44 bits per heavy atom. The molecule has 1 aromatic heterocycles. The van der Waals surface area contributed by atoms with Crippen molar-refractivity contribution in [1.29, 1.82) is 0 Å². The minimum atomic E-state index is -0.342. The number of ether oxygens (including phenoxy) is 1. The summed E-state index contributed by atoms with van der Waals surface area (Å²) in [5, 5.41) is 3.58. The van der Waals surface area contributed by atoms with Gasteiger partial charge >= 0.3 is 5.97 Å². The van der Waals surface area contributed by atoms with Crippen LogP contribution in [-0.4, -0.2) is 19.1 Å². The topological polar surface area (TPSA) is 51.5 Å². The third kappa shape index (κ3) is 2.58. The Morgan fingerprint density at radius 2 is 2.11 bits per heavy atom. The lowest BCUT2D eigenvalue weighted by atomic mass is 10.1. The summed E-state index contributed by atoms with van der Waals surface area (Å²) < 4.78 is 10.0. The summed E-state index contributed by atoms with van der Waals surface area (Å²) in [6, 6.07) is 2.41. The van der Waals surface area contributed by atoms with Crippen molar-refractivity contribution in [2.24, 2.45) is 11.8 Å². The van der Waals surface area contributed by atoms with E-state index in [2.05, 4.69) is 10.1 Å². The summed E-state index contributed by atoms with van der Waals surface area (Å²) in [7, 11) is 1.38. The lowest BCUT2D eigenvalue weighted by molar-refractivity contribution is 0.0600. The van der Waals surface area contributed by atoms with Crippen LogP contribution in [0.3, 0.4) is 0 Å². The van der Waals surface area contributed by atoms with Gasteiger partial charge in [-0.05, 0) is 43.6 Å². The zero-order chi connectivity index (χ0) is 12.5. The molecule has 1 heterocycles. The number of furan rings is 1. The normalized spacial score (nSPS) is 19.2. The van der Waals surface area contributed by atoms with E-state index in [-0.39, 0.29) is 5.97 Å². The van der Waals surface area contributed by atoms with Crippen LogP contribution in [0.15, 0.2) is 16.7 Å². The largest absolute Gasteiger partial charge is 0.467 e. The molecule has 1 N–H and O–H groups in total. The van der Waals surface area contributed by atoms with Crippen molar-refractivity contribution in [2.45, 2.75) is 38.3 Å². The Morgan fingerprint density at radius 3 is 2.67 bits per heavy atom. The second kappa shape index (κ2) is 4.76. The first-order valence-electron chi connectivity index (χ1n) is 6.67. The summed E-state index contributed by atoms with van der Waals surface area (Å²) in [6.45, 7) is 0.703. The predicted molar refractivity (Wildman–Crippen MR) is 66.1 cm³/mol. The predicted octanol–water partition coefficient (Wildman–Crippen LogP) is 2.34. The number of rotatable bonds is 6. The van der Waals surface area contributed by atoms with Gasteiger partial charge in [0.1, 0.15) is 12.0 Å². The van der Waals surface area contributed by atoms with Gasteiger partial charge in [-0.3, -0.25) is 0 Å². The SMILES string of the molecule is COC(=O)c1coc(CNC(C2CC2)C2CC2)c1. The highest BCUT2D eigenvalue weighted by Gasteiger charge is 2.41. The van der Waals surface area contributed by atoms with Crippen LogP contribution < -0.4 is 5.32 Å². The quantitative estimate of drug-likeness (QED) is 0.786. The number of nitrogens with one attached hydrogen (secondary N) is 1. The second-order valence-corrected chi connectivity index (χ2v) is 5.37. The molecule has 0 spiro atoms. The molecule has 4 nitrogen and oxygen atoms in total. The highest BCUT2D eigenvalue weighted by atomic mass is 16.5. The number of carbonyl (C=O) groups excluding carboxylic acids is 1. The number of hydrogen-bond acceptors (Lipinski definition) is 4. The van der Waals surface area contributed by atoms with Gasteiger partial charge in [-0.25, -0.2) is 4.79 Å². The summed E-state index contributed by atoms with van der Waals surface area (Å²) in [4.78, 5) is 11.3. The first-order valence-corrected chi connectivity index (χ1v) is 6.67. The molecule has 3 rings (SSSR count). The lowest BCUT2D eigenvalue weighted by Crippen LogP contribution is -2.32. The van der Waals surface area contributed by atoms with Crippen LogP contribution in [0.4, 0.5) is 0 Å². The van der Waals surface area contributed by atoms with Gasteiger partial charge in [0.15, 0.2) is 0 Å². The molecular weight excluding hydrogens is 230 g/mol. The molecule has 1 aromatic rings. The molecule has 2 saturated carbocycles. The van der Waals surface area contributed by atoms with Gasteiger partial charge in [-0.15, -0.1) is 0 Å². The molecule has 2 aliphatic rings. The summed E-state index contributed by atoms with van der Waals surface area (Å²) in [6.07, 6.45) is 6.91. The second-order valence-electron chi connectivity index (χ2n) is 5.37. The maximum Gasteiger partial charge on any atom is 0.341 e. The summed E-state index contributed by atoms with van der Waals surface area (Å²) in [5.41, 5.74) is 0.490. The smallest absolute Gasteiger partial charge is 0.341 e. The monoisotopic (exact) mass is 249 g/mol. The van der Waals surface area contributed by atoms with E-state index in [0.29, 0.717) is 18.2 Å². The van der Waals surface area contributed by atoms with Gasteiger partial charge in [0, 0.05) is 6.04 Å². The molecule has 0 bridgehead atoms. The first-order chi connectivity index (χ1) is 8.78. The molecule has 2 aliphatic carbocycles. The highest BCUT2D eigenvalue weighted by molar-refractivity contribution is 5.88. The Balaban J connectivity index is 1.55. The maximum absolute atomic E-state index is 11.3. The van der Waals surface area contributed by atoms with Crippen molar-refractivity contribution in [3.8, 4) is 0 Å². The minimum absolute atomic E-state index is 0.342. The van der Waals surface area contributed by atoms with Gasteiger partial charge in [-0.1, -0.05) is 0 Å². The minimum Gasteiger partial charge on any atom is -0.467 e. The maximum atomic E-state index is 11.3. The van der Waals surface area contributed by atoms with E-state index < -0.39 is 0 Å². The number of esters is 1. The van der Waals surface area contributed by atoms with Crippen LogP contribution in [0, 0.1) is 11.8 Å². The van der Waals surface area contributed by atoms with Crippen LogP contribution in [0.2, 0.25) is 0 Å². The van der Waals surface area contributed by atoms with Crippen LogP contribution >= 0.6 is 0 Å². The van der Waals surface area contributed by atoms with E-state index >= 15 is 0 Å². The molecular formula is C14H19NO3. The molecule has 0 unspecified atom stereocenters. The third-order valence-corrected chi connectivity index (χ3v) is 3.85. The van der Waals surface area contributed by atoms with Crippen molar-refractivity contribution >= 4 is 5.97 Å². The molecule has 18 heavy (non-hydrogen) atoms. The van der Waals surface area contributed by atoms with E-state index in [1.807, 2.05) is 0 Å². The zero-order valence-electron chi connectivity index (χ0n) is 10.6. The Bertz CT molecular complexity index is 420. The average Bonchev–Trinajstić information content (AvgIpc) is 3.29. The van der Waals surface area contributed by atoms with E-state index in [1.165, 1.54) is 39.1 Å². The molecule has 4 heteroatoms. The van der Waals surface area contributed by atoms with Crippen LogP contribution in [0.25, 0.3) is 0 Å². The van der Waals surface area contributed by atoms with Crippen molar-refractivity contribution < 1.29 is 13.9 Å². The van der Waals surface area contributed by atoms with Crippen molar-refractivity contribution in [2.75, 3.05) is 7.11 Å². The third-order valence-electron chi connectivity index (χ3n) is 3.85. The number of hydrogen-bond donors (Lipinski definition) is 1. The molecule has 0 atom stereocenters. The molecule has 0 radical (unpaired) electrons. The van der Waals surface area contributed by atoms with Crippen molar-refractivity contribution in [1.82, 2.24) is 5.32 Å². The Kier molecular flexibility index (Phi) is 3.12.